The maximum atomic E-state index is 13.6. The lowest BCUT2D eigenvalue weighted by atomic mass is 10.0. The molecule has 6 heterocycles. The molecular formula is C28H34N10O. The van der Waals surface area contributed by atoms with Crippen LogP contribution in [-0.2, 0) is 11.3 Å². The number of anilines is 3. The van der Waals surface area contributed by atoms with Crippen LogP contribution in [0.4, 0.5) is 17.7 Å². The molecule has 3 aliphatic rings. The first kappa shape index (κ1) is 24.1. The van der Waals surface area contributed by atoms with E-state index < -0.39 is 0 Å². The van der Waals surface area contributed by atoms with E-state index in [9.17, 15) is 4.79 Å². The standard InChI is InChI=1S/C28H34N10O/c39-26(30-21-4-1-13-36(18-21)17-19-9-11-29-12-10-19)23-5-2-14-37(23)28-32-25-6-3-15-38(25)27(33-28)31-24-16-22(34-35-24)20-7-8-20/h3,6,9-12,15-16,20-21,23H,1-2,4-5,7-8,13-14,17-18H2,(H,30,39)(H2,31,32,33,34,35)/t21-,23+/m1/s1. The summed E-state index contributed by atoms with van der Waals surface area (Å²) in [7, 11) is 0. The number of carbonyl (C=O) groups is 1. The van der Waals surface area contributed by atoms with Gasteiger partial charge in [0.2, 0.25) is 17.8 Å². The van der Waals surface area contributed by atoms with Crippen LogP contribution in [0.3, 0.4) is 0 Å². The van der Waals surface area contributed by atoms with Gasteiger partial charge in [-0.15, -0.1) is 0 Å². The van der Waals surface area contributed by atoms with Crippen molar-refractivity contribution >= 4 is 29.3 Å². The number of carbonyl (C=O) groups excluding carboxylic acids is 1. The van der Waals surface area contributed by atoms with Gasteiger partial charge < -0.3 is 15.5 Å². The van der Waals surface area contributed by atoms with Gasteiger partial charge in [-0.1, -0.05) is 0 Å². The van der Waals surface area contributed by atoms with Crippen molar-refractivity contribution in [1.82, 2.24) is 39.8 Å². The topological polar surface area (TPSA) is 119 Å². The number of pyridine rings is 1. The van der Waals surface area contributed by atoms with Crippen LogP contribution in [0.25, 0.3) is 5.65 Å². The molecule has 2 saturated heterocycles. The summed E-state index contributed by atoms with van der Waals surface area (Å²) in [4.78, 5) is 31.8. The van der Waals surface area contributed by atoms with Gasteiger partial charge in [0, 0.05) is 61.9 Å². The Labute approximate surface area is 227 Å². The first-order valence-corrected chi connectivity index (χ1v) is 14.1. The molecule has 0 aromatic carbocycles. The molecule has 4 aromatic heterocycles. The predicted molar refractivity (Wildman–Crippen MR) is 148 cm³/mol. The third kappa shape index (κ3) is 5.18. The van der Waals surface area contributed by atoms with E-state index in [1.54, 1.807) is 0 Å². The van der Waals surface area contributed by atoms with E-state index in [2.05, 4.69) is 53.8 Å². The lowest BCUT2D eigenvalue weighted by molar-refractivity contribution is -0.123. The summed E-state index contributed by atoms with van der Waals surface area (Å²) in [5, 5.41) is 14.3. The van der Waals surface area contributed by atoms with E-state index in [1.165, 1.54) is 18.4 Å². The molecule has 39 heavy (non-hydrogen) atoms. The molecule has 1 aliphatic carbocycles. The fourth-order valence-electron chi connectivity index (χ4n) is 5.89. The molecule has 3 N–H and O–H groups in total. The first-order valence-electron chi connectivity index (χ1n) is 14.1. The highest BCUT2D eigenvalue weighted by molar-refractivity contribution is 5.85. The summed E-state index contributed by atoms with van der Waals surface area (Å²) in [6, 6.07) is 9.95. The summed E-state index contributed by atoms with van der Waals surface area (Å²) in [5.74, 6) is 2.61. The van der Waals surface area contributed by atoms with Crippen molar-refractivity contribution in [2.45, 2.75) is 63.1 Å². The van der Waals surface area contributed by atoms with Gasteiger partial charge in [-0.05, 0) is 74.9 Å². The van der Waals surface area contributed by atoms with Gasteiger partial charge in [0.1, 0.15) is 11.7 Å². The number of rotatable bonds is 8. The Hall–Kier alpha value is -3.99. The molecule has 0 unspecified atom stereocenters. The Morgan fingerprint density at radius 1 is 1.05 bits per heavy atom. The highest BCUT2D eigenvalue weighted by Gasteiger charge is 2.35. The number of H-pyrrole nitrogens is 1. The molecule has 2 atom stereocenters. The molecule has 2 aliphatic heterocycles. The Kier molecular flexibility index (Phi) is 6.35. The minimum Gasteiger partial charge on any atom is -0.350 e. The summed E-state index contributed by atoms with van der Waals surface area (Å²) < 4.78 is 1.92. The Morgan fingerprint density at radius 2 is 1.92 bits per heavy atom. The van der Waals surface area contributed by atoms with Gasteiger partial charge in [0.25, 0.3) is 0 Å². The number of piperidine rings is 1. The summed E-state index contributed by atoms with van der Waals surface area (Å²) in [6.45, 7) is 3.53. The highest BCUT2D eigenvalue weighted by atomic mass is 16.2. The molecule has 11 nitrogen and oxygen atoms in total. The minimum absolute atomic E-state index is 0.0676. The Morgan fingerprint density at radius 3 is 2.79 bits per heavy atom. The second-order valence-corrected chi connectivity index (χ2v) is 11.0. The molecule has 3 fully saturated rings. The number of amides is 1. The van der Waals surface area contributed by atoms with Gasteiger partial charge in [0.15, 0.2) is 5.82 Å². The Bertz CT molecular complexity index is 1450. The molecular weight excluding hydrogens is 492 g/mol. The third-order valence-corrected chi connectivity index (χ3v) is 8.05. The fraction of sp³-hybridized carbons (Fsp3) is 0.464. The van der Waals surface area contributed by atoms with E-state index in [0.717, 1.165) is 69.0 Å². The van der Waals surface area contributed by atoms with Crippen LogP contribution in [0.2, 0.25) is 0 Å². The number of hydrogen-bond donors (Lipinski definition) is 3. The van der Waals surface area contributed by atoms with Crippen LogP contribution >= 0.6 is 0 Å². The number of hydrogen-bond acceptors (Lipinski definition) is 8. The van der Waals surface area contributed by atoms with Gasteiger partial charge in [-0.2, -0.15) is 15.1 Å². The van der Waals surface area contributed by atoms with E-state index in [4.69, 9.17) is 9.97 Å². The summed E-state index contributed by atoms with van der Waals surface area (Å²) >= 11 is 0. The summed E-state index contributed by atoms with van der Waals surface area (Å²) in [6.07, 6.45) is 11.8. The van der Waals surface area contributed by atoms with Crippen LogP contribution in [-0.4, -0.2) is 72.1 Å². The number of aromatic amines is 1. The van der Waals surface area contributed by atoms with Gasteiger partial charge in [0.05, 0.1) is 0 Å². The van der Waals surface area contributed by atoms with Crippen molar-refractivity contribution in [3.05, 3.63) is 60.2 Å². The monoisotopic (exact) mass is 526 g/mol. The van der Waals surface area contributed by atoms with Crippen molar-refractivity contribution in [2.75, 3.05) is 29.9 Å². The summed E-state index contributed by atoms with van der Waals surface area (Å²) in [5.41, 5.74) is 3.19. The van der Waals surface area contributed by atoms with Crippen LogP contribution in [0.5, 0.6) is 0 Å². The molecule has 0 bridgehead atoms. The zero-order valence-corrected chi connectivity index (χ0v) is 22.0. The van der Waals surface area contributed by atoms with Crippen molar-refractivity contribution in [1.29, 1.82) is 0 Å². The van der Waals surface area contributed by atoms with E-state index >= 15 is 0 Å². The van der Waals surface area contributed by atoms with Crippen LogP contribution in [0.1, 0.15) is 55.7 Å². The maximum Gasteiger partial charge on any atom is 0.243 e. The maximum absolute atomic E-state index is 13.6. The number of aromatic nitrogens is 6. The second kappa shape index (κ2) is 10.3. The van der Waals surface area contributed by atoms with E-state index in [0.29, 0.717) is 17.8 Å². The highest BCUT2D eigenvalue weighted by Crippen LogP contribution is 2.39. The third-order valence-electron chi connectivity index (χ3n) is 8.05. The van der Waals surface area contributed by atoms with Gasteiger partial charge >= 0.3 is 0 Å². The van der Waals surface area contributed by atoms with Crippen LogP contribution in [0, 0.1) is 0 Å². The van der Waals surface area contributed by atoms with Crippen molar-refractivity contribution < 1.29 is 4.79 Å². The molecule has 0 spiro atoms. The quantitative estimate of drug-likeness (QED) is 0.320. The molecule has 4 aromatic rings. The molecule has 1 amide bonds. The van der Waals surface area contributed by atoms with E-state index in [1.807, 2.05) is 35.1 Å². The zero-order valence-electron chi connectivity index (χ0n) is 22.0. The minimum atomic E-state index is -0.280. The van der Waals surface area contributed by atoms with Gasteiger partial charge in [-0.3, -0.25) is 24.2 Å². The van der Waals surface area contributed by atoms with Crippen molar-refractivity contribution in [3.63, 3.8) is 0 Å². The molecule has 7 rings (SSSR count). The average molecular weight is 527 g/mol. The predicted octanol–water partition coefficient (Wildman–Crippen LogP) is 3.22. The normalized spacial score (nSPS) is 21.9. The van der Waals surface area contributed by atoms with Crippen LogP contribution < -0.4 is 15.5 Å². The number of fused-ring (bicyclic) bond motifs is 1. The Balaban J connectivity index is 1.05. The number of nitrogens with one attached hydrogen (secondary N) is 3. The molecule has 11 heteroatoms. The number of likely N-dealkylation sites (tertiary alicyclic amines) is 1. The van der Waals surface area contributed by atoms with Gasteiger partial charge in [-0.25, -0.2) is 0 Å². The van der Waals surface area contributed by atoms with Crippen molar-refractivity contribution in [3.8, 4) is 0 Å². The lowest BCUT2D eigenvalue weighted by Gasteiger charge is -2.34. The molecule has 0 radical (unpaired) electrons. The SMILES string of the molecule is O=C(N[C@@H]1CCCN(Cc2ccncc2)C1)[C@@H]1CCCN1c1nc(Nc2cc(C3CC3)[nH]n2)n2cccc2n1. The smallest absolute Gasteiger partial charge is 0.243 e. The molecule has 202 valence electrons. The first-order chi connectivity index (χ1) is 19.2. The largest absolute Gasteiger partial charge is 0.350 e. The number of nitrogens with zero attached hydrogens (tertiary/aromatic N) is 7. The molecule has 1 saturated carbocycles. The zero-order chi connectivity index (χ0) is 26.2. The van der Waals surface area contributed by atoms with E-state index in [-0.39, 0.29) is 18.0 Å². The fourth-order valence-corrected chi connectivity index (χ4v) is 5.89. The van der Waals surface area contributed by atoms with Crippen LogP contribution in [0.15, 0.2) is 48.9 Å². The average Bonchev–Trinajstić information content (AvgIpc) is 3.31. The second-order valence-electron chi connectivity index (χ2n) is 11.0. The lowest BCUT2D eigenvalue weighted by Crippen LogP contribution is -2.52. The van der Waals surface area contributed by atoms with Crippen molar-refractivity contribution in [2.24, 2.45) is 0 Å².